The molecule has 0 radical (unpaired) electrons. The number of ether oxygens (including phenoxy) is 1. The summed E-state index contributed by atoms with van der Waals surface area (Å²) >= 11 is 0. The zero-order valence-electron chi connectivity index (χ0n) is 15.7. The van der Waals surface area contributed by atoms with E-state index < -0.39 is 0 Å². The third-order valence-electron chi connectivity index (χ3n) is 4.91. The molecule has 0 amide bonds. The van der Waals surface area contributed by atoms with Gasteiger partial charge in [-0.1, -0.05) is 38.2 Å². The molecule has 1 fully saturated rings. The molecule has 2 heterocycles. The Morgan fingerprint density at radius 3 is 2.39 bits per heavy atom. The summed E-state index contributed by atoms with van der Waals surface area (Å²) in [5.41, 5.74) is 0.918. The fraction of sp³-hybridized carbons (Fsp3) is 0.381. The molecule has 1 saturated carbocycles. The first-order valence-electron chi connectivity index (χ1n) is 9.49. The Hall–Kier alpha value is -2.11. The minimum atomic E-state index is 0. The van der Waals surface area contributed by atoms with E-state index in [1.54, 1.807) is 12.5 Å². The van der Waals surface area contributed by atoms with E-state index in [1.807, 2.05) is 36.4 Å². The van der Waals surface area contributed by atoms with Gasteiger partial charge in [-0.2, -0.15) is 0 Å². The van der Waals surface area contributed by atoms with E-state index in [9.17, 15) is 0 Å². The largest absolute Gasteiger partial charge is 0.439 e. The van der Waals surface area contributed by atoms with Gasteiger partial charge in [0.25, 0.3) is 0 Å². The monoisotopic (exact) mass is 420 g/mol. The van der Waals surface area contributed by atoms with Crippen LogP contribution in [0.25, 0.3) is 10.9 Å². The third-order valence-corrected chi connectivity index (χ3v) is 4.91. The van der Waals surface area contributed by atoms with Crippen molar-refractivity contribution in [1.29, 1.82) is 0 Å². The highest BCUT2D eigenvalue weighted by Gasteiger charge is 2.14. The standard InChI is InChI=1S/C21H24N4O.2ClH/c1-2-4-8-16(9-5-3-1)25-21-18-14-17(11-12-19(18)23-15-24-21)26-20-10-6-7-13-22-20;;/h6-7,10-16H,1-5,8-9H2,(H,23,24,25);2*1H. The normalized spacial score (nSPS) is 14.9. The van der Waals surface area contributed by atoms with Crippen molar-refractivity contribution in [3.63, 3.8) is 0 Å². The fourth-order valence-corrected chi connectivity index (χ4v) is 3.54. The van der Waals surface area contributed by atoms with Crippen molar-refractivity contribution >= 4 is 41.5 Å². The van der Waals surface area contributed by atoms with Crippen molar-refractivity contribution in [2.24, 2.45) is 0 Å². The summed E-state index contributed by atoms with van der Waals surface area (Å²) in [4.78, 5) is 13.1. The highest BCUT2D eigenvalue weighted by Crippen LogP contribution is 2.28. The van der Waals surface area contributed by atoms with Gasteiger partial charge in [0.1, 0.15) is 17.9 Å². The van der Waals surface area contributed by atoms with Gasteiger partial charge in [0.2, 0.25) is 5.88 Å². The number of anilines is 1. The van der Waals surface area contributed by atoms with Crippen LogP contribution in [0.1, 0.15) is 44.9 Å². The molecule has 0 bridgehead atoms. The zero-order chi connectivity index (χ0) is 17.6. The van der Waals surface area contributed by atoms with Crippen LogP contribution in [0.15, 0.2) is 48.9 Å². The highest BCUT2D eigenvalue weighted by atomic mass is 35.5. The van der Waals surface area contributed by atoms with Gasteiger partial charge >= 0.3 is 0 Å². The predicted molar refractivity (Wildman–Crippen MR) is 118 cm³/mol. The van der Waals surface area contributed by atoms with Crippen LogP contribution in [-0.2, 0) is 0 Å². The van der Waals surface area contributed by atoms with Gasteiger partial charge < -0.3 is 10.1 Å². The Bertz CT molecular complexity index is 855. The van der Waals surface area contributed by atoms with Gasteiger partial charge in [-0.05, 0) is 37.1 Å². The molecule has 1 aromatic carbocycles. The maximum absolute atomic E-state index is 5.87. The van der Waals surface area contributed by atoms with Crippen LogP contribution >= 0.6 is 24.8 Å². The van der Waals surface area contributed by atoms with Crippen LogP contribution in [0.3, 0.4) is 0 Å². The molecule has 0 unspecified atom stereocenters. The molecule has 3 aromatic rings. The van der Waals surface area contributed by atoms with Crippen molar-refractivity contribution in [3.05, 3.63) is 48.9 Å². The lowest BCUT2D eigenvalue weighted by atomic mass is 9.96. The maximum Gasteiger partial charge on any atom is 0.219 e. The predicted octanol–water partition coefficient (Wildman–Crippen LogP) is 6.19. The van der Waals surface area contributed by atoms with E-state index in [-0.39, 0.29) is 24.8 Å². The number of fused-ring (bicyclic) bond motifs is 1. The first kappa shape index (κ1) is 22.2. The molecule has 0 atom stereocenters. The lowest BCUT2D eigenvalue weighted by Crippen LogP contribution is -2.21. The van der Waals surface area contributed by atoms with Gasteiger partial charge in [-0.3, -0.25) is 0 Å². The SMILES string of the molecule is Cl.Cl.c1ccc(Oc2ccc3ncnc(NC4CCCCCCC4)c3c2)nc1. The van der Waals surface area contributed by atoms with E-state index in [0.29, 0.717) is 11.9 Å². The quantitative estimate of drug-likeness (QED) is 0.545. The van der Waals surface area contributed by atoms with Gasteiger partial charge in [0.05, 0.1) is 5.52 Å². The molecule has 0 saturated heterocycles. The molecular weight excluding hydrogens is 395 g/mol. The van der Waals surface area contributed by atoms with Gasteiger partial charge in [-0.25, -0.2) is 15.0 Å². The number of hydrogen-bond donors (Lipinski definition) is 1. The minimum Gasteiger partial charge on any atom is -0.439 e. The molecule has 1 aliphatic carbocycles. The number of nitrogens with one attached hydrogen (secondary N) is 1. The summed E-state index contributed by atoms with van der Waals surface area (Å²) in [6.45, 7) is 0. The van der Waals surface area contributed by atoms with E-state index in [4.69, 9.17) is 4.74 Å². The second kappa shape index (κ2) is 11.0. The number of aromatic nitrogens is 3. The smallest absolute Gasteiger partial charge is 0.219 e. The van der Waals surface area contributed by atoms with Crippen LogP contribution in [0, 0.1) is 0 Å². The first-order chi connectivity index (χ1) is 12.9. The number of halogens is 2. The maximum atomic E-state index is 5.87. The van der Waals surface area contributed by atoms with E-state index in [2.05, 4.69) is 20.3 Å². The minimum absolute atomic E-state index is 0. The van der Waals surface area contributed by atoms with Gasteiger partial charge in [0, 0.05) is 23.7 Å². The van der Waals surface area contributed by atoms with E-state index >= 15 is 0 Å². The average molecular weight is 421 g/mol. The lowest BCUT2D eigenvalue weighted by molar-refractivity contribution is 0.463. The van der Waals surface area contributed by atoms with Gasteiger partial charge in [-0.15, -0.1) is 24.8 Å². The molecule has 0 spiro atoms. The molecule has 5 nitrogen and oxygen atoms in total. The molecule has 1 aliphatic rings. The zero-order valence-corrected chi connectivity index (χ0v) is 17.3. The van der Waals surface area contributed by atoms with Crippen molar-refractivity contribution in [3.8, 4) is 11.6 Å². The number of pyridine rings is 1. The van der Waals surface area contributed by atoms with Crippen LogP contribution < -0.4 is 10.1 Å². The van der Waals surface area contributed by atoms with E-state index in [0.717, 1.165) is 22.5 Å². The third kappa shape index (κ3) is 5.69. The number of nitrogens with zero attached hydrogens (tertiary/aromatic N) is 3. The summed E-state index contributed by atoms with van der Waals surface area (Å²) in [6.07, 6.45) is 12.4. The fourth-order valence-electron chi connectivity index (χ4n) is 3.54. The van der Waals surface area contributed by atoms with Crippen molar-refractivity contribution < 1.29 is 4.74 Å². The molecule has 7 heteroatoms. The van der Waals surface area contributed by atoms with E-state index in [1.165, 1.54) is 44.9 Å². The lowest BCUT2D eigenvalue weighted by Gasteiger charge is -2.22. The highest BCUT2D eigenvalue weighted by molar-refractivity contribution is 5.90. The molecule has 1 N–H and O–H groups in total. The molecule has 28 heavy (non-hydrogen) atoms. The van der Waals surface area contributed by atoms with Crippen molar-refractivity contribution in [2.45, 2.75) is 51.0 Å². The Balaban J connectivity index is 0.00000140. The second-order valence-electron chi connectivity index (χ2n) is 6.86. The van der Waals surface area contributed by atoms with Gasteiger partial charge in [0.15, 0.2) is 0 Å². The number of benzene rings is 1. The molecule has 2 aromatic heterocycles. The summed E-state index contributed by atoms with van der Waals surface area (Å²) in [6, 6.07) is 12.0. The molecule has 4 rings (SSSR count). The Morgan fingerprint density at radius 1 is 0.857 bits per heavy atom. The number of rotatable bonds is 4. The van der Waals surface area contributed by atoms with Crippen LogP contribution in [0.2, 0.25) is 0 Å². The van der Waals surface area contributed by atoms with Crippen LogP contribution in [0.5, 0.6) is 11.6 Å². The van der Waals surface area contributed by atoms with Crippen molar-refractivity contribution in [1.82, 2.24) is 15.0 Å². The van der Waals surface area contributed by atoms with Crippen LogP contribution in [0.4, 0.5) is 5.82 Å². The molecule has 150 valence electrons. The van der Waals surface area contributed by atoms with Crippen LogP contribution in [-0.4, -0.2) is 21.0 Å². The summed E-state index contributed by atoms with van der Waals surface area (Å²) < 4.78 is 5.87. The second-order valence-corrected chi connectivity index (χ2v) is 6.86. The van der Waals surface area contributed by atoms with Crippen molar-refractivity contribution in [2.75, 3.05) is 5.32 Å². The summed E-state index contributed by atoms with van der Waals surface area (Å²) in [7, 11) is 0. The molecule has 0 aliphatic heterocycles. The topological polar surface area (TPSA) is 59.9 Å². The number of hydrogen-bond acceptors (Lipinski definition) is 5. The summed E-state index contributed by atoms with van der Waals surface area (Å²) in [5.74, 6) is 2.22. The first-order valence-corrected chi connectivity index (χ1v) is 9.49. The Kier molecular flexibility index (Phi) is 8.74. The summed E-state index contributed by atoms with van der Waals surface area (Å²) in [5, 5.41) is 4.65. The Labute approximate surface area is 178 Å². The average Bonchev–Trinajstić information content (AvgIpc) is 2.65. The Morgan fingerprint density at radius 2 is 1.64 bits per heavy atom. The molecular formula is C21H26Cl2N4O.